The first kappa shape index (κ1) is 11.2. The summed E-state index contributed by atoms with van der Waals surface area (Å²) in [7, 11) is -0.918. The van der Waals surface area contributed by atoms with Gasteiger partial charge in [0.1, 0.15) is 0 Å². The number of benzene rings is 1. The topological polar surface area (TPSA) is 17.1 Å². The molecule has 0 saturated carbocycles. The lowest BCUT2D eigenvalue weighted by molar-refractivity contribution is 0.656. The zero-order valence-corrected chi connectivity index (χ0v) is 9.67. The molecule has 1 nitrogen and oxygen atoms in total. The van der Waals surface area contributed by atoms with Crippen LogP contribution in [0.1, 0.15) is 26.3 Å². The van der Waals surface area contributed by atoms with Crippen LogP contribution < -0.4 is 0 Å². The van der Waals surface area contributed by atoms with Crippen LogP contribution in [-0.2, 0) is 10.8 Å². The lowest BCUT2D eigenvalue weighted by Crippen LogP contribution is -2.19. The van der Waals surface area contributed by atoms with Crippen LogP contribution in [0.15, 0.2) is 35.7 Å². The summed E-state index contributed by atoms with van der Waals surface area (Å²) in [4.78, 5) is 0. The first-order valence-corrected chi connectivity index (χ1v) is 5.85. The van der Waals surface area contributed by atoms with Gasteiger partial charge in [-0.05, 0) is 32.4 Å². The highest BCUT2D eigenvalue weighted by Gasteiger charge is 2.16. The van der Waals surface area contributed by atoms with E-state index in [1.807, 2.05) is 57.2 Å². The van der Waals surface area contributed by atoms with Gasteiger partial charge >= 0.3 is 0 Å². The first-order chi connectivity index (χ1) is 6.50. The van der Waals surface area contributed by atoms with Crippen LogP contribution in [0.25, 0.3) is 6.08 Å². The van der Waals surface area contributed by atoms with E-state index in [1.54, 1.807) is 5.41 Å². The summed E-state index contributed by atoms with van der Waals surface area (Å²) in [5, 5.41) is 1.76. The Morgan fingerprint density at radius 3 is 2.21 bits per heavy atom. The molecule has 0 bridgehead atoms. The van der Waals surface area contributed by atoms with Crippen LogP contribution in [0, 0.1) is 0 Å². The summed E-state index contributed by atoms with van der Waals surface area (Å²) in [6, 6.07) is 9.91. The number of hydrogen-bond acceptors (Lipinski definition) is 1. The van der Waals surface area contributed by atoms with Gasteiger partial charge in [0.05, 0.1) is 10.8 Å². The van der Waals surface area contributed by atoms with Crippen LogP contribution in [-0.4, -0.2) is 8.96 Å². The number of rotatable bonds is 2. The molecule has 1 rings (SSSR count). The standard InChI is InChI=1S/C12H16OS/c1-12(2,3)14(13)10-9-11-7-5-4-6-8-11/h4-10H,1-3H3/b10-9+. The Labute approximate surface area is 88.3 Å². The normalized spacial score (nSPS) is 14.5. The van der Waals surface area contributed by atoms with Gasteiger partial charge in [0.15, 0.2) is 0 Å². The van der Waals surface area contributed by atoms with E-state index in [4.69, 9.17) is 0 Å². The predicted molar refractivity (Wildman–Crippen MR) is 63.4 cm³/mol. The molecule has 0 heterocycles. The molecule has 0 aliphatic carbocycles. The molecular formula is C12H16OS. The fraction of sp³-hybridized carbons (Fsp3) is 0.333. The van der Waals surface area contributed by atoms with E-state index < -0.39 is 10.8 Å². The van der Waals surface area contributed by atoms with Crippen molar-refractivity contribution < 1.29 is 4.21 Å². The fourth-order valence-electron chi connectivity index (χ4n) is 0.909. The third-order valence-corrected chi connectivity index (χ3v) is 3.38. The smallest absolute Gasteiger partial charge is 0.0510 e. The maximum Gasteiger partial charge on any atom is 0.0510 e. The van der Waals surface area contributed by atoms with E-state index in [9.17, 15) is 4.21 Å². The molecule has 0 spiro atoms. The van der Waals surface area contributed by atoms with Crippen LogP contribution in [0.2, 0.25) is 0 Å². The molecule has 76 valence electrons. The molecule has 0 N–H and O–H groups in total. The quantitative estimate of drug-likeness (QED) is 0.729. The van der Waals surface area contributed by atoms with Gasteiger partial charge in [0, 0.05) is 10.2 Å². The Morgan fingerprint density at radius 1 is 1.14 bits per heavy atom. The van der Waals surface area contributed by atoms with Crippen molar-refractivity contribution in [3.05, 3.63) is 41.3 Å². The molecule has 0 amide bonds. The average Bonchev–Trinajstić information content (AvgIpc) is 2.14. The largest absolute Gasteiger partial charge is 0.254 e. The van der Waals surface area contributed by atoms with E-state index in [0.717, 1.165) is 5.56 Å². The Bertz CT molecular complexity index is 333. The molecule has 0 fully saturated rings. The van der Waals surface area contributed by atoms with Gasteiger partial charge in [-0.3, -0.25) is 4.21 Å². The van der Waals surface area contributed by atoms with Crippen molar-refractivity contribution in [1.82, 2.24) is 0 Å². The molecule has 0 radical (unpaired) electrons. The molecule has 1 unspecified atom stereocenters. The Balaban J connectivity index is 2.71. The van der Waals surface area contributed by atoms with E-state index >= 15 is 0 Å². The molecular weight excluding hydrogens is 192 g/mol. The highest BCUT2D eigenvalue weighted by molar-refractivity contribution is 7.89. The van der Waals surface area contributed by atoms with Gasteiger partial charge in [-0.2, -0.15) is 0 Å². The Hall–Kier alpha value is -0.890. The molecule has 0 aromatic heterocycles. The highest BCUT2D eigenvalue weighted by Crippen LogP contribution is 2.13. The van der Waals surface area contributed by atoms with Crippen LogP contribution >= 0.6 is 0 Å². The van der Waals surface area contributed by atoms with Gasteiger partial charge < -0.3 is 0 Å². The van der Waals surface area contributed by atoms with Crippen molar-refractivity contribution in [2.24, 2.45) is 0 Å². The maximum atomic E-state index is 11.7. The van der Waals surface area contributed by atoms with Gasteiger partial charge in [-0.25, -0.2) is 0 Å². The molecule has 0 aliphatic rings. The zero-order chi connectivity index (χ0) is 10.6. The maximum absolute atomic E-state index is 11.7. The summed E-state index contributed by atoms with van der Waals surface area (Å²) in [6.07, 6.45) is 1.90. The summed E-state index contributed by atoms with van der Waals surface area (Å²) in [5.74, 6) is 0. The second-order valence-corrected chi connectivity index (χ2v) is 6.21. The Kier molecular flexibility index (Phi) is 3.64. The van der Waals surface area contributed by atoms with Crippen molar-refractivity contribution in [2.75, 3.05) is 0 Å². The molecule has 0 aliphatic heterocycles. The highest BCUT2D eigenvalue weighted by atomic mass is 32.2. The second kappa shape index (κ2) is 4.56. The Morgan fingerprint density at radius 2 is 1.71 bits per heavy atom. The second-order valence-electron chi connectivity index (χ2n) is 4.12. The average molecular weight is 208 g/mol. The SMILES string of the molecule is CC(C)(C)S(=O)/C=C/c1ccccc1. The fourth-order valence-corrected chi connectivity index (χ4v) is 1.60. The van der Waals surface area contributed by atoms with E-state index in [-0.39, 0.29) is 4.75 Å². The van der Waals surface area contributed by atoms with Gasteiger partial charge in [0.25, 0.3) is 0 Å². The molecule has 1 aromatic rings. The monoisotopic (exact) mass is 208 g/mol. The van der Waals surface area contributed by atoms with Gasteiger partial charge in [-0.1, -0.05) is 30.3 Å². The van der Waals surface area contributed by atoms with E-state index in [2.05, 4.69) is 0 Å². The third kappa shape index (κ3) is 3.46. The summed E-state index contributed by atoms with van der Waals surface area (Å²) >= 11 is 0. The van der Waals surface area contributed by atoms with E-state index in [0.29, 0.717) is 0 Å². The third-order valence-electron chi connectivity index (χ3n) is 1.79. The summed E-state index contributed by atoms with van der Waals surface area (Å²) < 4.78 is 11.5. The van der Waals surface area contributed by atoms with Gasteiger partial charge in [-0.15, -0.1) is 0 Å². The molecule has 1 aromatic carbocycles. The lowest BCUT2D eigenvalue weighted by atomic mass is 10.2. The number of hydrogen-bond donors (Lipinski definition) is 0. The molecule has 0 saturated heterocycles. The summed E-state index contributed by atoms with van der Waals surface area (Å²) in [5.41, 5.74) is 1.09. The van der Waals surface area contributed by atoms with Crippen molar-refractivity contribution in [3.63, 3.8) is 0 Å². The molecule has 1 atom stereocenters. The lowest BCUT2D eigenvalue weighted by Gasteiger charge is -2.13. The minimum absolute atomic E-state index is 0.175. The van der Waals surface area contributed by atoms with Crippen molar-refractivity contribution >= 4 is 16.9 Å². The van der Waals surface area contributed by atoms with Crippen LogP contribution in [0.4, 0.5) is 0 Å². The van der Waals surface area contributed by atoms with Crippen molar-refractivity contribution in [2.45, 2.75) is 25.5 Å². The minimum Gasteiger partial charge on any atom is -0.254 e. The minimum atomic E-state index is -0.918. The van der Waals surface area contributed by atoms with Crippen molar-refractivity contribution in [3.8, 4) is 0 Å². The first-order valence-electron chi connectivity index (χ1n) is 4.64. The molecule has 2 heteroatoms. The predicted octanol–water partition coefficient (Wildman–Crippen LogP) is 3.20. The van der Waals surface area contributed by atoms with E-state index in [1.165, 1.54) is 0 Å². The van der Waals surface area contributed by atoms with Crippen LogP contribution in [0.3, 0.4) is 0 Å². The van der Waals surface area contributed by atoms with Crippen LogP contribution in [0.5, 0.6) is 0 Å². The zero-order valence-electron chi connectivity index (χ0n) is 8.86. The summed E-state index contributed by atoms with van der Waals surface area (Å²) in [6.45, 7) is 5.91. The van der Waals surface area contributed by atoms with Gasteiger partial charge in [0.2, 0.25) is 0 Å². The molecule has 14 heavy (non-hydrogen) atoms. The van der Waals surface area contributed by atoms with Crippen molar-refractivity contribution in [1.29, 1.82) is 0 Å².